The van der Waals surface area contributed by atoms with E-state index in [0.29, 0.717) is 19.1 Å². The van der Waals surface area contributed by atoms with Gasteiger partial charge in [-0.2, -0.15) is 0 Å². The van der Waals surface area contributed by atoms with Crippen molar-refractivity contribution in [1.29, 1.82) is 0 Å². The first-order chi connectivity index (χ1) is 12.0. The summed E-state index contributed by atoms with van der Waals surface area (Å²) < 4.78 is 15.2. The van der Waals surface area contributed by atoms with E-state index in [4.69, 9.17) is 9.47 Å². The van der Waals surface area contributed by atoms with E-state index in [1.807, 2.05) is 24.3 Å². The van der Waals surface area contributed by atoms with Crippen LogP contribution in [0.5, 0.6) is 5.75 Å². The van der Waals surface area contributed by atoms with Crippen LogP contribution in [0.3, 0.4) is 0 Å². The quantitative estimate of drug-likeness (QED) is 0.347. The SMILES string of the molecule is C=CC(=O)OCCC[C@H](C)CCOc1ccc(C=CC(=O)OC)cc1. The molecular formula is C20H26O5. The summed E-state index contributed by atoms with van der Waals surface area (Å²) in [7, 11) is 1.35. The topological polar surface area (TPSA) is 61.8 Å². The third-order valence-electron chi connectivity index (χ3n) is 3.62. The van der Waals surface area contributed by atoms with Gasteiger partial charge in [-0.3, -0.25) is 0 Å². The number of benzene rings is 1. The molecule has 0 amide bonds. The van der Waals surface area contributed by atoms with Crippen molar-refractivity contribution in [3.8, 4) is 5.75 Å². The Morgan fingerprint density at radius 2 is 1.84 bits per heavy atom. The molecule has 0 fully saturated rings. The van der Waals surface area contributed by atoms with Crippen LogP contribution in [0.25, 0.3) is 6.08 Å². The fourth-order valence-corrected chi connectivity index (χ4v) is 2.09. The second kappa shape index (κ2) is 11.9. The summed E-state index contributed by atoms with van der Waals surface area (Å²) in [6, 6.07) is 7.50. The van der Waals surface area contributed by atoms with Crippen LogP contribution >= 0.6 is 0 Å². The molecule has 0 aromatic heterocycles. The van der Waals surface area contributed by atoms with Crippen molar-refractivity contribution in [2.45, 2.75) is 26.2 Å². The van der Waals surface area contributed by atoms with Crippen LogP contribution < -0.4 is 4.74 Å². The van der Waals surface area contributed by atoms with Crippen LogP contribution in [0, 0.1) is 5.92 Å². The first kappa shape index (κ1) is 20.5. The Labute approximate surface area is 149 Å². The molecule has 1 aromatic carbocycles. The van der Waals surface area contributed by atoms with E-state index in [1.165, 1.54) is 19.3 Å². The van der Waals surface area contributed by atoms with Gasteiger partial charge in [-0.15, -0.1) is 0 Å². The molecule has 0 bridgehead atoms. The Morgan fingerprint density at radius 3 is 2.48 bits per heavy atom. The van der Waals surface area contributed by atoms with Gasteiger partial charge in [0, 0.05) is 12.2 Å². The zero-order valence-corrected chi connectivity index (χ0v) is 14.9. The fourth-order valence-electron chi connectivity index (χ4n) is 2.09. The number of hydrogen-bond donors (Lipinski definition) is 0. The molecule has 5 heteroatoms. The second-order valence-corrected chi connectivity index (χ2v) is 5.68. The van der Waals surface area contributed by atoms with Crippen molar-refractivity contribution in [3.63, 3.8) is 0 Å². The lowest BCUT2D eigenvalue weighted by Crippen LogP contribution is -2.07. The molecule has 1 rings (SSSR count). The van der Waals surface area contributed by atoms with E-state index in [0.717, 1.165) is 30.6 Å². The van der Waals surface area contributed by atoms with Gasteiger partial charge in [-0.25, -0.2) is 9.59 Å². The van der Waals surface area contributed by atoms with Gasteiger partial charge in [-0.1, -0.05) is 25.6 Å². The highest BCUT2D eigenvalue weighted by molar-refractivity contribution is 5.86. The highest BCUT2D eigenvalue weighted by Crippen LogP contribution is 2.16. The normalized spacial score (nSPS) is 11.8. The minimum Gasteiger partial charge on any atom is -0.494 e. The maximum Gasteiger partial charge on any atom is 0.330 e. The molecule has 0 aliphatic heterocycles. The predicted molar refractivity (Wildman–Crippen MR) is 97.2 cm³/mol. The van der Waals surface area contributed by atoms with E-state index in [-0.39, 0.29) is 11.9 Å². The van der Waals surface area contributed by atoms with E-state index in [9.17, 15) is 9.59 Å². The van der Waals surface area contributed by atoms with Crippen LogP contribution in [-0.4, -0.2) is 32.3 Å². The minimum absolute atomic E-state index is 0.374. The zero-order chi connectivity index (χ0) is 18.5. The van der Waals surface area contributed by atoms with Crippen molar-refractivity contribution >= 4 is 18.0 Å². The number of carbonyl (C=O) groups is 2. The monoisotopic (exact) mass is 346 g/mol. The molecule has 0 aliphatic rings. The lowest BCUT2D eigenvalue weighted by atomic mass is 10.0. The third kappa shape index (κ3) is 9.35. The molecule has 136 valence electrons. The maximum absolute atomic E-state index is 11.0. The molecule has 0 N–H and O–H groups in total. The number of ether oxygens (including phenoxy) is 3. The van der Waals surface area contributed by atoms with E-state index >= 15 is 0 Å². The first-order valence-electron chi connectivity index (χ1n) is 8.33. The number of rotatable bonds is 11. The van der Waals surface area contributed by atoms with E-state index in [1.54, 1.807) is 6.08 Å². The van der Waals surface area contributed by atoms with Gasteiger partial charge in [0.25, 0.3) is 0 Å². The van der Waals surface area contributed by atoms with Crippen LogP contribution in [0.15, 0.2) is 43.0 Å². The molecular weight excluding hydrogens is 320 g/mol. The zero-order valence-electron chi connectivity index (χ0n) is 14.9. The maximum atomic E-state index is 11.0. The largest absolute Gasteiger partial charge is 0.494 e. The van der Waals surface area contributed by atoms with Crippen LogP contribution in [0.2, 0.25) is 0 Å². The molecule has 25 heavy (non-hydrogen) atoms. The van der Waals surface area contributed by atoms with Gasteiger partial charge in [-0.05, 0) is 49.0 Å². The van der Waals surface area contributed by atoms with Gasteiger partial charge in [0.05, 0.1) is 20.3 Å². The number of carbonyl (C=O) groups excluding carboxylic acids is 2. The van der Waals surface area contributed by atoms with Crippen molar-refractivity contribution in [2.24, 2.45) is 5.92 Å². The second-order valence-electron chi connectivity index (χ2n) is 5.68. The average Bonchev–Trinajstić information content (AvgIpc) is 2.64. The smallest absolute Gasteiger partial charge is 0.330 e. The molecule has 1 atom stereocenters. The van der Waals surface area contributed by atoms with Crippen LogP contribution in [0.4, 0.5) is 0 Å². The average molecular weight is 346 g/mol. The Bertz CT molecular complexity index is 574. The Morgan fingerprint density at radius 1 is 1.12 bits per heavy atom. The van der Waals surface area contributed by atoms with Crippen molar-refractivity contribution in [2.75, 3.05) is 20.3 Å². The predicted octanol–water partition coefficient (Wildman–Crippen LogP) is 3.79. The number of hydrogen-bond acceptors (Lipinski definition) is 5. The van der Waals surface area contributed by atoms with Crippen LogP contribution in [-0.2, 0) is 19.1 Å². The molecule has 0 spiro atoms. The Hall–Kier alpha value is -2.56. The summed E-state index contributed by atoms with van der Waals surface area (Å²) in [5.74, 6) is 0.529. The standard InChI is InChI=1S/C20H26O5/c1-4-19(21)25-14-5-6-16(2)13-15-24-18-10-7-17(8-11-18)9-12-20(22)23-3/h4,7-12,16H,1,5-6,13-15H2,2-3H3/t16-/m0/s1. The molecule has 1 aromatic rings. The lowest BCUT2D eigenvalue weighted by molar-refractivity contribution is -0.138. The van der Waals surface area contributed by atoms with Gasteiger partial charge in [0.2, 0.25) is 0 Å². The molecule has 0 aliphatic carbocycles. The molecule has 0 saturated heterocycles. The summed E-state index contributed by atoms with van der Waals surface area (Å²) in [5.41, 5.74) is 0.903. The van der Waals surface area contributed by atoms with Gasteiger partial charge in [0.15, 0.2) is 0 Å². The summed E-state index contributed by atoms with van der Waals surface area (Å²) in [6.45, 7) is 6.56. The van der Waals surface area contributed by atoms with Crippen molar-refractivity contribution in [3.05, 3.63) is 48.6 Å². The summed E-state index contributed by atoms with van der Waals surface area (Å²) in [4.78, 5) is 21.9. The highest BCUT2D eigenvalue weighted by atomic mass is 16.5. The minimum atomic E-state index is -0.381. The van der Waals surface area contributed by atoms with Crippen molar-refractivity contribution < 1.29 is 23.8 Å². The molecule has 0 unspecified atom stereocenters. The molecule has 0 heterocycles. The fraction of sp³-hybridized carbons (Fsp3) is 0.400. The van der Waals surface area contributed by atoms with E-state index < -0.39 is 0 Å². The summed E-state index contributed by atoms with van der Waals surface area (Å²) in [6.07, 6.45) is 6.99. The number of methoxy groups -OCH3 is 1. The summed E-state index contributed by atoms with van der Waals surface area (Å²) in [5, 5.41) is 0. The number of esters is 2. The van der Waals surface area contributed by atoms with Gasteiger partial charge >= 0.3 is 11.9 Å². The van der Waals surface area contributed by atoms with E-state index in [2.05, 4.69) is 18.2 Å². The Kier molecular flexibility index (Phi) is 9.75. The highest BCUT2D eigenvalue weighted by Gasteiger charge is 2.04. The lowest BCUT2D eigenvalue weighted by Gasteiger charge is -2.12. The van der Waals surface area contributed by atoms with Crippen molar-refractivity contribution in [1.82, 2.24) is 0 Å². The summed E-state index contributed by atoms with van der Waals surface area (Å²) >= 11 is 0. The molecule has 0 saturated carbocycles. The first-order valence-corrected chi connectivity index (χ1v) is 8.33. The van der Waals surface area contributed by atoms with Gasteiger partial charge < -0.3 is 14.2 Å². The third-order valence-corrected chi connectivity index (χ3v) is 3.62. The Balaban J connectivity index is 2.22. The van der Waals surface area contributed by atoms with Crippen LogP contribution in [0.1, 0.15) is 31.7 Å². The molecule has 5 nitrogen and oxygen atoms in total. The molecule has 0 radical (unpaired) electrons. The van der Waals surface area contributed by atoms with Gasteiger partial charge in [0.1, 0.15) is 5.75 Å².